The highest BCUT2D eigenvalue weighted by molar-refractivity contribution is 6.33. The molecule has 3 rings (SSSR count). The lowest BCUT2D eigenvalue weighted by molar-refractivity contribution is 0.475. The van der Waals surface area contributed by atoms with E-state index in [1.54, 1.807) is 12.1 Å². The van der Waals surface area contributed by atoms with E-state index in [2.05, 4.69) is 6.07 Å². The predicted molar refractivity (Wildman–Crippen MR) is 84.0 cm³/mol. The highest BCUT2D eigenvalue weighted by atomic mass is 35.5. The van der Waals surface area contributed by atoms with Crippen LogP contribution in [-0.4, -0.2) is 5.11 Å². The molecule has 0 aromatic heterocycles. The Morgan fingerprint density at radius 3 is 2.10 bits per heavy atom. The normalized spacial score (nSPS) is 10.4. The van der Waals surface area contributed by atoms with E-state index >= 15 is 0 Å². The minimum atomic E-state index is 0.274. The molecule has 0 aliphatic carbocycles. The molecule has 3 aromatic carbocycles. The summed E-state index contributed by atoms with van der Waals surface area (Å²) in [5.41, 5.74) is 4.27. The standard InChI is InChI=1S/C18H13ClO/c19-18-7-2-1-6-17(18)15-5-3-4-14(12-15)13-8-10-16(20)11-9-13/h1-12,20H. The zero-order chi connectivity index (χ0) is 13.9. The summed E-state index contributed by atoms with van der Waals surface area (Å²) < 4.78 is 0. The molecule has 0 amide bonds. The van der Waals surface area contributed by atoms with Crippen LogP contribution in [0.1, 0.15) is 0 Å². The van der Waals surface area contributed by atoms with Gasteiger partial charge in [0.15, 0.2) is 0 Å². The SMILES string of the molecule is Oc1ccc(-c2cccc(-c3ccccc3Cl)c2)cc1. The van der Waals surface area contributed by atoms with Crippen molar-refractivity contribution in [1.82, 2.24) is 0 Å². The average Bonchev–Trinajstić information content (AvgIpc) is 2.49. The molecule has 0 aliphatic heterocycles. The largest absolute Gasteiger partial charge is 0.508 e. The second kappa shape index (κ2) is 5.40. The van der Waals surface area contributed by atoms with Crippen LogP contribution in [0.15, 0.2) is 72.8 Å². The first-order chi connectivity index (χ1) is 9.74. The molecule has 0 atom stereocenters. The fraction of sp³-hybridized carbons (Fsp3) is 0. The van der Waals surface area contributed by atoms with Gasteiger partial charge in [-0.05, 0) is 41.0 Å². The zero-order valence-corrected chi connectivity index (χ0v) is 11.5. The van der Waals surface area contributed by atoms with Crippen LogP contribution in [0.2, 0.25) is 5.02 Å². The van der Waals surface area contributed by atoms with Gasteiger partial charge in [0.1, 0.15) is 5.75 Å². The lowest BCUT2D eigenvalue weighted by Crippen LogP contribution is -1.82. The van der Waals surface area contributed by atoms with Gasteiger partial charge in [-0.15, -0.1) is 0 Å². The van der Waals surface area contributed by atoms with Crippen molar-refractivity contribution in [2.75, 3.05) is 0 Å². The van der Waals surface area contributed by atoms with Crippen molar-refractivity contribution < 1.29 is 5.11 Å². The molecule has 1 N–H and O–H groups in total. The predicted octanol–water partition coefficient (Wildman–Crippen LogP) is 5.38. The van der Waals surface area contributed by atoms with Gasteiger partial charge in [-0.2, -0.15) is 0 Å². The molecule has 0 unspecified atom stereocenters. The first-order valence-electron chi connectivity index (χ1n) is 6.38. The third-order valence-corrected chi connectivity index (χ3v) is 3.58. The second-order valence-electron chi connectivity index (χ2n) is 4.61. The smallest absolute Gasteiger partial charge is 0.115 e. The molecule has 0 radical (unpaired) electrons. The Hall–Kier alpha value is -2.25. The maximum atomic E-state index is 9.36. The van der Waals surface area contributed by atoms with Crippen LogP contribution in [0.25, 0.3) is 22.3 Å². The maximum Gasteiger partial charge on any atom is 0.115 e. The number of rotatable bonds is 2. The van der Waals surface area contributed by atoms with Crippen LogP contribution < -0.4 is 0 Å². The number of aromatic hydroxyl groups is 1. The fourth-order valence-corrected chi connectivity index (χ4v) is 2.46. The molecule has 0 spiro atoms. The molecule has 0 aliphatic rings. The van der Waals surface area contributed by atoms with E-state index in [1.807, 2.05) is 54.6 Å². The van der Waals surface area contributed by atoms with Crippen molar-refractivity contribution in [1.29, 1.82) is 0 Å². The molecule has 0 heterocycles. The Kier molecular flexibility index (Phi) is 3.44. The van der Waals surface area contributed by atoms with Crippen molar-refractivity contribution in [3.05, 3.63) is 77.8 Å². The van der Waals surface area contributed by atoms with Crippen LogP contribution in [-0.2, 0) is 0 Å². The van der Waals surface area contributed by atoms with E-state index < -0.39 is 0 Å². The topological polar surface area (TPSA) is 20.2 Å². The Balaban J connectivity index is 2.06. The summed E-state index contributed by atoms with van der Waals surface area (Å²) in [5, 5.41) is 10.1. The number of benzene rings is 3. The van der Waals surface area contributed by atoms with Gasteiger partial charge in [0.05, 0.1) is 0 Å². The summed E-state index contributed by atoms with van der Waals surface area (Å²) in [5.74, 6) is 0.274. The molecule has 2 heteroatoms. The average molecular weight is 281 g/mol. The van der Waals surface area contributed by atoms with Gasteiger partial charge in [-0.1, -0.05) is 60.1 Å². The lowest BCUT2D eigenvalue weighted by Gasteiger charge is -2.07. The third kappa shape index (κ3) is 2.54. The number of halogens is 1. The highest BCUT2D eigenvalue weighted by Crippen LogP contribution is 2.31. The maximum absolute atomic E-state index is 9.36. The molecular weight excluding hydrogens is 268 g/mol. The highest BCUT2D eigenvalue weighted by Gasteiger charge is 2.04. The van der Waals surface area contributed by atoms with Crippen molar-refractivity contribution in [2.24, 2.45) is 0 Å². The van der Waals surface area contributed by atoms with Gasteiger partial charge in [0.25, 0.3) is 0 Å². The van der Waals surface area contributed by atoms with Gasteiger partial charge in [0, 0.05) is 10.6 Å². The van der Waals surface area contributed by atoms with Gasteiger partial charge < -0.3 is 5.11 Å². The minimum absolute atomic E-state index is 0.274. The van der Waals surface area contributed by atoms with Crippen LogP contribution in [0.4, 0.5) is 0 Å². The number of hydrogen-bond donors (Lipinski definition) is 1. The number of phenols is 1. The minimum Gasteiger partial charge on any atom is -0.508 e. The van der Waals surface area contributed by atoms with Crippen LogP contribution in [0, 0.1) is 0 Å². The molecule has 1 nitrogen and oxygen atoms in total. The monoisotopic (exact) mass is 280 g/mol. The first-order valence-corrected chi connectivity index (χ1v) is 6.76. The molecule has 3 aromatic rings. The molecule has 20 heavy (non-hydrogen) atoms. The molecule has 0 saturated carbocycles. The van der Waals surface area contributed by atoms with Crippen molar-refractivity contribution in [3.8, 4) is 28.0 Å². The summed E-state index contributed by atoms with van der Waals surface area (Å²) in [6.07, 6.45) is 0. The Morgan fingerprint density at radius 1 is 0.650 bits per heavy atom. The molecule has 0 saturated heterocycles. The van der Waals surface area contributed by atoms with Crippen LogP contribution in [0.3, 0.4) is 0 Å². The third-order valence-electron chi connectivity index (χ3n) is 3.25. The van der Waals surface area contributed by atoms with Crippen LogP contribution >= 0.6 is 11.6 Å². The van der Waals surface area contributed by atoms with Gasteiger partial charge in [-0.3, -0.25) is 0 Å². The van der Waals surface area contributed by atoms with Crippen molar-refractivity contribution >= 4 is 11.6 Å². The molecule has 98 valence electrons. The summed E-state index contributed by atoms with van der Waals surface area (Å²) in [6, 6.07) is 23.2. The number of phenolic OH excluding ortho intramolecular Hbond substituents is 1. The molecule has 0 fully saturated rings. The fourth-order valence-electron chi connectivity index (χ4n) is 2.22. The summed E-state index contributed by atoms with van der Waals surface area (Å²) in [6.45, 7) is 0. The van der Waals surface area contributed by atoms with Gasteiger partial charge >= 0.3 is 0 Å². The van der Waals surface area contributed by atoms with E-state index in [0.717, 1.165) is 27.3 Å². The lowest BCUT2D eigenvalue weighted by atomic mass is 9.99. The van der Waals surface area contributed by atoms with Crippen LogP contribution in [0.5, 0.6) is 5.75 Å². The zero-order valence-electron chi connectivity index (χ0n) is 10.8. The van der Waals surface area contributed by atoms with E-state index in [-0.39, 0.29) is 5.75 Å². The van der Waals surface area contributed by atoms with E-state index in [1.165, 1.54) is 0 Å². The van der Waals surface area contributed by atoms with Crippen molar-refractivity contribution in [2.45, 2.75) is 0 Å². The quantitative estimate of drug-likeness (QED) is 0.668. The van der Waals surface area contributed by atoms with E-state index in [0.29, 0.717) is 0 Å². The van der Waals surface area contributed by atoms with Gasteiger partial charge in [-0.25, -0.2) is 0 Å². The summed E-state index contributed by atoms with van der Waals surface area (Å²) in [4.78, 5) is 0. The van der Waals surface area contributed by atoms with Crippen molar-refractivity contribution in [3.63, 3.8) is 0 Å². The van der Waals surface area contributed by atoms with Gasteiger partial charge in [0.2, 0.25) is 0 Å². The molecular formula is C18H13ClO. The van der Waals surface area contributed by atoms with E-state index in [4.69, 9.17) is 11.6 Å². The Bertz CT molecular complexity index is 732. The van der Waals surface area contributed by atoms with E-state index in [9.17, 15) is 5.11 Å². The Labute approximate surface area is 123 Å². The summed E-state index contributed by atoms with van der Waals surface area (Å²) in [7, 11) is 0. The second-order valence-corrected chi connectivity index (χ2v) is 5.01. The Morgan fingerprint density at radius 2 is 1.35 bits per heavy atom. The summed E-state index contributed by atoms with van der Waals surface area (Å²) >= 11 is 6.24. The molecule has 0 bridgehead atoms. The first kappa shape index (κ1) is 12.8. The number of hydrogen-bond acceptors (Lipinski definition) is 1.